The Morgan fingerprint density at radius 1 is 0.947 bits per heavy atom. The van der Waals surface area contributed by atoms with Crippen molar-refractivity contribution in [2.75, 3.05) is 4.72 Å². The standard InChI is InChI=1S/C14H14BrNO2S/c15-10-13-7-4-8-14(9-13)16-19(17,18)11-12-5-2-1-3-6-12/h1-9,16H,10-11H2. The Kier molecular flexibility index (Phi) is 4.61. The number of alkyl halides is 1. The van der Waals surface area contributed by atoms with Gasteiger partial charge in [0.1, 0.15) is 0 Å². The molecule has 3 nitrogen and oxygen atoms in total. The highest BCUT2D eigenvalue weighted by molar-refractivity contribution is 9.08. The van der Waals surface area contributed by atoms with E-state index in [1.165, 1.54) is 0 Å². The zero-order valence-corrected chi connectivity index (χ0v) is 12.6. The third kappa shape index (κ3) is 4.36. The molecule has 0 amide bonds. The lowest BCUT2D eigenvalue weighted by atomic mass is 10.2. The van der Waals surface area contributed by atoms with E-state index in [-0.39, 0.29) is 5.75 Å². The van der Waals surface area contributed by atoms with Gasteiger partial charge in [0.25, 0.3) is 0 Å². The summed E-state index contributed by atoms with van der Waals surface area (Å²) in [7, 11) is -3.38. The molecule has 0 aliphatic rings. The fourth-order valence-electron chi connectivity index (χ4n) is 1.73. The summed E-state index contributed by atoms with van der Waals surface area (Å²) in [4.78, 5) is 0. The fraction of sp³-hybridized carbons (Fsp3) is 0.143. The molecule has 0 aromatic heterocycles. The Labute approximate surface area is 121 Å². The van der Waals surface area contributed by atoms with Gasteiger partial charge in [0.2, 0.25) is 10.0 Å². The van der Waals surface area contributed by atoms with Crippen LogP contribution in [0.1, 0.15) is 11.1 Å². The molecule has 0 fully saturated rings. The van der Waals surface area contributed by atoms with Crippen LogP contribution in [0.2, 0.25) is 0 Å². The van der Waals surface area contributed by atoms with Crippen LogP contribution in [-0.2, 0) is 21.1 Å². The predicted molar refractivity (Wildman–Crippen MR) is 81.8 cm³/mol. The summed E-state index contributed by atoms with van der Waals surface area (Å²) < 4.78 is 26.7. The Bertz CT molecular complexity index is 642. The predicted octanol–water partition coefficient (Wildman–Crippen LogP) is 3.52. The summed E-state index contributed by atoms with van der Waals surface area (Å²) in [5.41, 5.74) is 2.39. The normalized spacial score (nSPS) is 11.2. The van der Waals surface area contributed by atoms with Gasteiger partial charge in [-0.2, -0.15) is 0 Å². The zero-order valence-electron chi connectivity index (χ0n) is 10.2. The molecular weight excluding hydrogens is 326 g/mol. The molecule has 2 rings (SSSR count). The molecule has 0 bridgehead atoms. The van der Waals surface area contributed by atoms with Crippen molar-refractivity contribution in [1.29, 1.82) is 0 Å². The van der Waals surface area contributed by atoms with Crippen LogP contribution in [0.25, 0.3) is 0 Å². The molecule has 2 aromatic rings. The van der Waals surface area contributed by atoms with E-state index < -0.39 is 10.0 Å². The first kappa shape index (κ1) is 14.1. The van der Waals surface area contributed by atoms with Crippen molar-refractivity contribution in [1.82, 2.24) is 0 Å². The average Bonchev–Trinajstić information content (AvgIpc) is 2.39. The van der Waals surface area contributed by atoms with E-state index in [4.69, 9.17) is 0 Å². The summed E-state index contributed by atoms with van der Waals surface area (Å²) >= 11 is 3.35. The first-order chi connectivity index (χ1) is 9.09. The molecule has 100 valence electrons. The maximum atomic E-state index is 12.0. The maximum absolute atomic E-state index is 12.0. The maximum Gasteiger partial charge on any atom is 0.236 e. The summed E-state index contributed by atoms with van der Waals surface area (Å²) in [6, 6.07) is 16.4. The Hall–Kier alpha value is -1.33. The third-order valence-electron chi connectivity index (χ3n) is 2.55. The largest absolute Gasteiger partial charge is 0.283 e. The van der Waals surface area contributed by atoms with Crippen molar-refractivity contribution in [3.8, 4) is 0 Å². The van der Waals surface area contributed by atoms with Crippen molar-refractivity contribution in [3.05, 3.63) is 65.7 Å². The minimum absolute atomic E-state index is 0.0214. The molecule has 0 radical (unpaired) electrons. The van der Waals surface area contributed by atoms with E-state index in [1.807, 2.05) is 36.4 Å². The number of nitrogens with one attached hydrogen (secondary N) is 1. The summed E-state index contributed by atoms with van der Waals surface area (Å²) in [5.74, 6) is -0.0214. The van der Waals surface area contributed by atoms with Crippen molar-refractivity contribution >= 4 is 31.6 Å². The quantitative estimate of drug-likeness (QED) is 0.847. The van der Waals surface area contributed by atoms with Crippen LogP contribution in [0.15, 0.2) is 54.6 Å². The van der Waals surface area contributed by atoms with Crippen molar-refractivity contribution in [2.24, 2.45) is 0 Å². The highest BCUT2D eigenvalue weighted by atomic mass is 79.9. The van der Waals surface area contributed by atoms with Gasteiger partial charge in [0.05, 0.1) is 5.75 Å². The van der Waals surface area contributed by atoms with E-state index in [1.54, 1.807) is 18.2 Å². The molecule has 0 aliphatic carbocycles. The number of sulfonamides is 1. The van der Waals surface area contributed by atoms with E-state index in [0.717, 1.165) is 11.1 Å². The number of hydrogen-bond acceptors (Lipinski definition) is 2. The Morgan fingerprint density at radius 2 is 1.63 bits per heavy atom. The van der Waals surface area contributed by atoms with Gasteiger partial charge in [-0.15, -0.1) is 0 Å². The van der Waals surface area contributed by atoms with Crippen molar-refractivity contribution in [2.45, 2.75) is 11.1 Å². The lowest BCUT2D eigenvalue weighted by Gasteiger charge is -2.09. The highest BCUT2D eigenvalue weighted by Crippen LogP contribution is 2.16. The van der Waals surface area contributed by atoms with Crippen molar-refractivity contribution < 1.29 is 8.42 Å². The highest BCUT2D eigenvalue weighted by Gasteiger charge is 2.11. The second-order valence-electron chi connectivity index (χ2n) is 4.18. The minimum Gasteiger partial charge on any atom is -0.283 e. The number of hydrogen-bond donors (Lipinski definition) is 1. The van der Waals surface area contributed by atoms with Gasteiger partial charge in [-0.25, -0.2) is 8.42 Å². The van der Waals surface area contributed by atoms with Gasteiger partial charge in [-0.3, -0.25) is 4.72 Å². The van der Waals surface area contributed by atoms with Crippen LogP contribution < -0.4 is 4.72 Å². The van der Waals surface area contributed by atoms with E-state index in [0.29, 0.717) is 11.0 Å². The topological polar surface area (TPSA) is 46.2 Å². The first-order valence-corrected chi connectivity index (χ1v) is 8.56. The van der Waals surface area contributed by atoms with E-state index >= 15 is 0 Å². The van der Waals surface area contributed by atoms with Crippen molar-refractivity contribution in [3.63, 3.8) is 0 Å². The molecule has 0 saturated carbocycles. The molecule has 2 aromatic carbocycles. The van der Waals surface area contributed by atoms with Crippen LogP contribution in [0.4, 0.5) is 5.69 Å². The molecule has 5 heteroatoms. The summed E-state index contributed by atoms with van der Waals surface area (Å²) in [6.07, 6.45) is 0. The first-order valence-electron chi connectivity index (χ1n) is 5.78. The number of anilines is 1. The lowest BCUT2D eigenvalue weighted by molar-refractivity contribution is 0.600. The third-order valence-corrected chi connectivity index (χ3v) is 4.46. The molecule has 19 heavy (non-hydrogen) atoms. The summed E-state index contributed by atoms with van der Waals surface area (Å²) in [6.45, 7) is 0. The zero-order chi connectivity index (χ0) is 13.7. The van der Waals surface area contributed by atoms with Gasteiger partial charge in [0, 0.05) is 11.0 Å². The van der Waals surface area contributed by atoms with Crippen LogP contribution in [0.3, 0.4) is 0 Å². The number of benzene rings is 2. The van der Waals surface area contributed by atoms with Gasteiger partial charge >= 0.3 is 0 Å². The molecule has 0 aliphatic heterocycles. The van der Waals surface area contributed by atoms with Gasteiger partial charge in [0.15, 0.2) is 0 Å². The second kappa shape index (κ2) is 6.21. The number of halogens is 1. The molecule has 0 spiro atoms. The van der Waals surface area contributed by atoms with Gasteiger partial charge in [-0.05, 0) is 23.3 Å². The van der Waals surface area contributed by atoms with Crippen LogP contribution in [0.5, 0.6) is 0 Å². The van der Waals surface area contributed by atoms with Gasteiger partial charge < -0.3 is 0 Å². The molecule has 0 atom stereocenters. The monoisotopic (exact) mass is 339 g/mol. The lowest BCUT2D eigenvalue weighted by Crippen LogP contribution is -2.15. The second-order valence-corrected chi connectivity index (χ2v) is 6.46. The van der Waals surface area contributed by atoms with Crippen LogP contribution >= 0.6 is 15.9 Å². The Morgan fingerprint density at radius 3 is 2.32 bits per heavy atom. The smallest absolute Gasteiger partial charge is 0.236 e. The molecular formula is C14H14BrNO2S. The van der Waals surface area contributed by atoms with Gasteiger partial charge in [-0.1, -0.05) is 58.4 Å². The van der Waals surface area contributed by atoms with E-state index in [9.17, 15) is 8.42 Å². The molecule has 0 heterocycles. The minimum atomic E-state index is -3.38. The fourth-order valence-corrected chi connectivity index (χ4v) is 3.27. The van der Waals surface area contributed by atoms with Crippen LogP contribution in [-0.4, -0.2) is 8.42 Å². The SMILES string of the molecule is O=S(=O)(Cc1ccccc1)Nc1cccc(CBr)c1. The van der Waals surface area contributed by atoms with E-state index in [2.05, 4.69) is 20.7 Å². The Balaban J connectivity index is 2.12. The van der Waals surface area contributed by atoms with Crippen LogP contribution in [0, 0.1) is 0 Å². The molecule has 1 N–H and O–H groups in total. The summed E-state index contributed by atoms with van der Waals surface area (Å²) in [5, 5.41) is 0.696. The molecule has 0 unspecified atom stereocenters. The average molecular weight is 340 g/mol. The molecule has 0 saturated heterocycles. The number of rotatable bonds is 5.